The van der Waals surface area contributed by atoms with Crippen molar-refractivity contribution >= 4 is 39.6 Å². The van der Waals surface area contributed by atoms with Gasteiger partial charge in [-0.15, -0.1) is 0 Å². The van der Waals surface area contributed by atoms with Crippen molar-refractivity contribution < 1.29 is 65.9 Å². The Morgan fingerprint density at radius 3 is 1.85 bits per heavy atom. The second-order valence-electron chi connectivity index (χ2n) is 13.8. The maximum atomic E-state index is 14.5. The number of unbranched alkanes of at least 4 members (excludes halogenated alkanes) is 8. The largest absolute Gasteiger partial charge is 0.481 e. The van der Waals surface area contributed by atoms with Gasteiger partial charge in [-0.1, -0.05) is 44.9 Å². The van der Waals surface area contributed by atoms with E-state index < -0.39 is 34.5 Å². The Morgan fingerprint density at radius 2 is 1.23 bits per heavy atom. The molecule has 0 aliphatic carbocycles. The highest BCUT2D eigenvalue weighted by Crippen LogP contribution is 2.26. The van der Waals surface area contributed by atoms with Gasteiger partial charge >= 0.3 is 11.9 Å². The number of carbonyl (C=O) groups excluding carboxylic acids is 2. The number of aromatic nitrogens is 1. The SMILES string of the molecule is O=C(O)CCCCCCCCCCCc1cc(Oc2ccc(S(=O)(=O)Nc3ccc(C(=O)NCCOCCOCC(=O)NCCOCCOCC(=O)O)cn3)cc2)ccc1F. The van der Waals surface area contributed by atoms with Gasteiger partial charge < -0.3 is 44.5 Å². The van der Waals surface area contributed by atoms with Crippen molar-refractivity contribution in [3.8, 4) is 11.5 Å². The summed E-state index contributed by atoms with van der Waals surface area (Å²) in [6.07, 6.45) is 10.9. The lowest BCUT2D eigenvalue weighted by atomic mass is 10.0. The second kappa shape index (κ2) is 29.1. The first-order valence-corrected chi connectivity index (χ1v) is 21.8. The number of hydrogen-bond acceptors (Lipinski definition) is 12. The van der Waals surface area contributed by atoms with Gasteiger partial charge in [-0.2, -0.15) is 0 Å². The molecule has 0 bridgehead atoms. The highest BCUT2D eigenvalue weighted by atomic mass is 32.2. The molecule has 2 aromatic carbocycles. The van der Waals surface area contributed by atoms with Crippen molar-refractivity contribution in [3.05, 3.63) is 77.7 Å². The molecule has 2 amide bonds. The molecule has 336 valence electrons. The highest BCUT2D eigenvalue weighted by Gasteiger charge is 2.16. The number of rotatable bonds is 34. The molecule has 1 heterocycles. The fraction of sp³-hybridized carbons (Fsp3) is 0.500. The fourth-order valence-electron chi connectivity index (χ4n) is 5.66. The van der Waals surface area contributed by atoms with Crippen molar-refractivity contribution in [2.45, 2.75) is 75.5 Å². The maximum absolute atomic E-state index is 14.5. The summed E-state index contributed by atoms with van der Waals surface area (Å²) in [4.78, 5) is 49.2. The van der Waals surface area contributed by atoms with E-state index in [1.165, 1.54) is 54.7 Å². The summed E-state index contributed by atoms with van der Waals surface area (Å²) in [5.74, 6) is -2.09. The monoisotopic (exact) mass is 876 g/mol. The smallest absolute Gasteiger partial charge is 0.329 e. The number of nitrogens with zero attached hydrogens (tertiary/aromatic N) is 1. The number of hydrogen-bond donors (Lipinski definition) is 5. The zero-order valence-electron chi connectivity index (χ0n) is 34.2. The van der Waals surface area contributed by atoms with Gasteiger partial charge in [0.2, 0.25) is 5.91 Å². The van der Waals surface area contributed by atoms with Gasteiger partial charge in [0.05, 0.1) is 50.1 Å². The number of carbonyl (C=O) groups is 4. The van der Waals surface area contributed by atoms with Crippen LogP contribution in [0.3, 0.4) is 0 Å². The molecular weight excluding hydrogens is 820 g/mol. The van der Waals surface area contributed by atoms with Crippen LogP contribution in [0.4, 0.5) is 10.2 Å². The quantitative estimate of drug-likeness (QED) is 0.0477. The second-order valence-corrected chi connectivity index (χ2v) is 15.5. The Labute approximate surface area is 355 Å². The number of aliphatic carboxylic acids is 2. The Bertz CT molecular complexity index is 1880. The molecule has 3 rings (SSSR count). The number of amides is 2. The van der Waals surface area contributed by atoms with Crippen LogP contribution in [0.15, 0.2) is 65.7 Å². The molecule has 0 unspecified atom stereocenters. The summed E-state index contributed by atoms with van der Waals surface area (Å²) in [6, 6.07) is 13.1. The highest BCUT2D eigenvalue weighted by molar-refractivity contribution is 7.92. The lowest BCUT2D eigenvalue weighted by Crippen LogP contribution is -2.31. The fourth-order valence-corrected chi connectivity index (χ4v) is 6.67. The first kappa shape index (κ1) is 50.1. The van der Waals surface area contributed by atoms with E-state index in [2.05, 4.69) is 20.3 Å². The Balaban J connectivity index is 1.28. The van der Waals surface area contributed by atoms with Gasteiger partial charge in [-0.05, 0) is 79.4 Å². The standard InChI is InChI=1S/C42H57FN4O13S/c43-37-18-15-35(28-32(37)10-8-6-4-2-1-3-5-7-9-11-40(49)50)60-34-13-16-36(17-14-34)61(54,55)47-38-19-12-33(29-46-38)42(53)45-21-23-57-24-26-58-30-39(48)44-20-22-56-25-27-59-31-41(51)52/h12-19,28-29H,1-11,20-27,30-31H2,(H,44,48)(H,45,53)(H,46,47)(H,49,50)(H,51,52). The van der Waals surface area contributed by atoms with Crippen molar-refractivity contribution in [3.63, 3.8) is 0 Å². The van der Waals surface area contributed by atoms with Crippen LogP contribution in [0.1, 0.15) is 80.1 Å². The lowest BCUT2D eigenvalue weighted by molar-refractivity contribution is -0.143. The van der Waals surface area contributed by atoms with Crippen molar-refractivity contribution in [2.75, 3.05) is 70.7 Å². The predicted molar refractivity (Wildman–Crippen MR) is 222 cm³/mol. The Morgan fingerprint density at radius 1 is 0.639 bits per heavy atom. The van der Waals surface area contributed by atoms with E-state index in [0.717, 1.165) is 57.8 Å². The molecule has 0 radical (unpaired) electrons. The molecule has 61 heavy (non-hydrogen) atoms. The minimum atomic E-state index is -4.03. The average Bonchev–Trinajstić information content (AvgIpc) is 3.23. The molecule has 0 atom stereocenters. The average molecular weight is 877 g/mol. The molecule has 0 saturated heterocycles. The first-order valence-electron chi connectivity index (χ1n) is 20.3. The molecular formula is C42H57FN4O13S. The minimum Gasteiger partial charge on any atom is -0.481 e. The number of ether oxygens (including phenoxy) is 5. The van der Waals surface area contributed by atoms with E-state index in [1.54, 1.807) is 6.07 Å². The number of sulfonamides is 1. The summed E-state index contributed by atoms with van der Waals surface area (Å²) in [5.41, 5.74) is 0.750. The van der Waals surface area contributed by atoms with E-state index in [0.29, 0.717) is 23.5 Å². The number of anilines is 1. The first-order chi connectivity index (χ1) is 29.4. The number of halogens is 1. The van der Waals surface area contributed by atoms with Gasteiger partial charge in [0, 0.05) is 25.7 Å². The zero-order chi connectivity index (χ0) is 44.1. The lowest BCUT2D eigenvalue weighted by Gasteiger charge is -2.11. The topological polar surface area (TPSA) is 238 Å². The maximum Gasteiger partial charge on any atom is 0.329 e. The number of carboxylic acids is 2. The number of carboxylic acid groups (broad SMARTS) is 2. The molecule has 5 N–H and O–H groups in total. The van der Waals surface area contributed by atoms with Crippen LogP contribution in [0.25, 0.3) is 0 Å². The molecule has 0 fully saturated rings. The van der Waals surface area contributed by atoms with Crippen molar-refractivity contribution in [1.82, 2.24) is 15.6 Å². The third-order valence-electron chi connectivity index (χ3n) is 8.79. The van der Waals surface area contributed by atoms with E-state index in [-0.39, 0.29) is 93.8 Å². The van der Waals surface area contributed by atoms with Crippen LogP contribution < -0.4 is 20.1 Å². The van der Waals surface area contributed by atoms with Crippen molar-refractivity contribution in [2.24, 2.45) is 0 Å². The minimum absolute atomic E-state index is 0.00565. The summed E-state index contributed by atoms with van der Waals surface area (Å²) in [5, 5.41) is 22.4. The molecule has 3 aromatic rings. The summed E-state index contributed by atoms with van der Waals surface area (Å²) in [7, 11) is -4.03. The summed E-state index contributed by atoms with van der Waals surface area (Å²) < 4.78 is 69.6. The van der Waals surface area contributed by atoms with Crippen LogP contribution in [0.5, 0.6) is 11.5 Å². The molecule has 0 aliphatic heterocycles. The Hall–Kier alpha value is -5.21. The third kappa shape index (κ3) is 22.3. The van der Waals surface area contributed by atoms with Gasteiger partial charge in [-0.25, -0.2) is 22.6 Å². The molecule has 0 saturated carbocycles. The molecule has 17 nitrogen and oxygen atoms in total. The Kier molecular flexibility index (Phi) is 23.9. The van der Waals surface area contributed by atoms with Crippen LogP contribution in [-0.4, -0.2) is 113 Å². The van der Waals surface area contributed by atoms with Crippen LogP contribution in [0, 0.1) is 5.82 Å². The van der Waals surface area contributed by atoms with Crippen LogP contribution >= 0.6 is 0 Å². The van der Waals surface area contributed by atoms with Gasteiger partial charge in [0.1, 0.15) is 36.3 Å². The number of nitrogens with one attached hydrogen (secondary N) is 3. The number of aryl methyl sites for hydroxylation is 1. The number of pyridine rings is 1. The third-order valence-corrected chi connectivity index (χ3v) is 10.2. The zero-order valence-corrected chi connectivity index (χ0v) is 35.1. The predicted octanol–water partition coefficient (Wildman–Crippen LogP) is 5.34. The summed E-state index contributed by atoms with van der Waals surface area (Å²) in [6.45, 7) is 0.961. The normalized spacial score (nSPS) is 11.2. The summed E-state index contributed by atoms with van der Waals surface area (Å²) >= 11 is 0. The van der Waals surface area contributed by atoms with Crippen molar-refractivity contribution in [1.29, 1.82) is 0 Å². The molecule has 0 aliphatic rings. The van der Waals surface area contributed by atoms with Gasteiger partial charge in [-0.3, -0.25) is 19.1 Å². The molecule has 1 aromatic heterocycles. The van der Waals surface area contributed by atoms with Gasteiger partial charge in [0.15, 0.2) is 0 Å². The number of benzene rings is 2. The van der Waals surface area contributed by atoms with E-state index in [9.17, 15) is 32.0 Å². The van der Waals surface area contributed by atoms with Crippen LogP contribution in [-0.2, 0) is 49.8 Å². The van der Waals surface area contributed by atoms with E-state index in [1.807, 2.05) is 0 Å². The molecule has 19 heteroatoms. The van der Waals surface area contributed by atoms with Gasteiger partial charge in [0.25, 0.3) is 15.9 Å². The van der Waals surface area contributed by atoms with E-state index >= 15 is 0 Å². The van der Waals surface area contributed by atoms with Crippen LogP contribution in [0.2, 0.25) is 0 Å². The molecule has 0 spiro atoms. The van der Waals surface area contributed by atoms with E-state index in [4.69, 9.17) is 33.9 Å².